The van der Waals surface area contributed by atoms with E-state index in [-0.39, 0.29) is 11.8 Å². The number of carbonyl (C=O) groups excluding carboxylic acids is 2. The number of hydrogen-bond donors (Lipinski definition) is 1. The van der Waals surface area contributed by atoms with Crippen molar-refractivity contribution in [2.75, 3.05) is 12.3 Å². The summed E-state index contributed by atoms with van der Waals surface area (Å²) in [5, 5.41) is 2.96. The lowest BCUT2D eigenvalue weighted by atomic mass is 10.1. The summed E-state index contributed by atoms with van der Waals surface area (Å²) in [5.41, 5.74) is 4.61. The summed E-state index contributed by atoms with van der Waals surface area (Å²) in [6.45, 7) is 11.1. The molecule has 30 heavy (non-hydrogen) atoms. The average Bonchev–Trinajstić information content (AvgIpc) is 2.69. The lowest BCUT2D eigenvalue weighted by Crippen LogP contribution is -2.48. The minimum atomic E-state index is -0.517. The van der Waals surface area contributed by atoms with Gasteiger partial charge < -0.3 is 10.2 Å². The number of amides is 2. The predicted molar refractivity (Wildman–Crippen MR) is 126 cm³/mol. The molecule has 2 amide bonds. The zero-order chi connectivity index (χ0) is 22.1. The Morgan fingerprint density at radius 2 is 1.57 bits per heavy atom. The Balaban J connectivity index is 2.06. The molecule has 162 valence electrons. The summed E-state index contributed by atoms with van der Waals surface area (Å²) < 4.78 is 0. The maximum Gasteiger partial charge on any atom is 0.242 e. The zero-order valence-corrected chi connectivity index (χ0v) is 19.6. The molecule has 0 heterocycles. The molecule has 0 saturated carbocycles. The van der Waals surface area contributed by atoms with Crippen LogP contribution in [-0.4, -0.2) is 35.1 Å². The van der Waals surface area contributed by atoms with Gasteiger partial charge in [-0.1, -0.05) is 73.5 Å². The second-order valence-electron chi connectivity index (χ2n) is 8.31. The first-order chi connectivity index (χ1) is 14.3. The Labute approximate surface area is 185 Å². The summed E-state index contributed by atoms with van der Waals surface area (Å²) in [5.74, 6) is 1.38. The molecule has 2 aromatic rings. The fourth-order valence-electron chi connectivity index (χ4n) is 3.18. The third-order valence-electron chi connectivity index (χ3n) is 4.86. The molecule has 0 aliphatic carbocycles. The quantitative estimate of drug-likeness (QED) is 0.598. The van der Waals surface area contributed by atoms with Crippen molar-refractivity contribution in [2.24, 2.45) is 5.92 Å². The van der Waals surface area contributed by atoms with Crippen molar-refractivity contribution in [1.82, 2.24) is 10.2 Å². The van der Waals surface area contributed by atoms with Crippen LogP contribution in [0, 0.1) is 19.8 Å². The molecule has 1 unspecified atom stereocenters. The van der Waals surface area contributed by atoms with Gasteiger partial charge in [0.2, 0.25) is 11.8 Å². The molecule has 0 radical (unpaired) electrons. The number of thioether (sulfide) groups is 1. The molecule has 1 N–H and O–H groups in total. The van der Waals surface area contributed by atoms with E-state index in [1.54, 1.807) is 16.7 Å². The van der Waals surface area contributed by atoms with E-state index in [9.17, 15) is 9.59 Å². The number of carbonyl (C=O) groups is 2. The SMILES string of the molecule is Cc1cccc(CSCC(=O)N(Cc2cccc(C)c2)C(C)C(=O)NCC(C)C)c1. The van der Waals surface area contributed by atoms with Crippen molar-refractivity contribution in [3.63, 3.8) is 0 Å². The van der Waals surface area contributed by atoms with Gasteiger partial charge in [0.1, 0.15) is 6.04 Å². The third-order valence-corrected chi connectivity index (χ3v) is 5.85. The van der Waals surface area contributed by atoms with E-state index in [1.807, 2.05) is 38.1 Å². The van der Waals surface area contributed by atoms with Crippen LogP contribution in [0.25, 0.3) is 0 Å². The molecule has 2 rings (SSSR count). The van der Waals surface area contributed by atoms with Crippen molar-refractivity contribution in [2.45, 2.75) is 53.0 Å². The van der Waals surface area contributed by atoms with Crippen molar-refractivity contribution < 1.29 is 9.59 Å². The Hall–Kier alpha value is -2.27. The second-order valence-corrected chi connectivity index (χ2v) is 9.29. The summed E-state index contributed by atoms with van der Waals surface area (Å²) in [6.07, 6.45) is 0. The van der Waals surface area contributed by atoms with Crippen molar-refractivity contribution >= 4 is 23.6 Å². The van der Waals surface area contributed by atoms with Gasteiger partial charge in [-0.3, -0.25) is 9.59 Å². The minimum absolute atomic E-state index is 0.0126. The van der Waals surface area contributed by atoms with Crippen LogP contribution in [0.1, 0.15) is 43.0 Å². The number of aryl methyl sites for hydroxylation is 2. The molecule has 0 bridgehead atoms. The first-order valence-corrected chi connectivity index (χ1v) is 11.7. The van der Waals surface area contributed by atoms with Crippen LogP contribution in [0.4, 0.5) is 0 Å². The highest BCUT2D eigenvalue weighted by Crippen LogP contribution is 2.17. The lowest BCUT2D eigenvalue weighted by Gasteiger charge is -2.29. The first-order valence-electron chi connectivity index (χ1n) is 10.5. The third kappa shape index (κ3) is 7.86. The largest absolute Gasteiger partial charge is 0.354 e. The Morgan fingerprint density at radius 3 is 2.17 bits per heavy atom. The highest BCUT2D eigenvalue weighted by molar-refractivity contribution is 7.99. The summed E-state index contributed by atoms with van der Waals surface area (Å²) >= 11 is 1.59. The highest BCUT2D eigenvalue weighted by Gasteiger charge is 2.26. The van der Waals surface area contributed by atoms with Crippen LogP contribution in [0.2, 0.25) is 0 Å². The van der Waals surface area contributed by atoms with Crippen LogP contribution < -0.4 is 5.32 Å². The second kappa shape index (κ2) is 11.8. The van der Waals surface area contributed by atoms with Crippen molar-refractivity contribution in [3.05, 3.63) is 70.8 Å². The summed E-state index contributed by atoms with van der Waals surface area (Å²) in [7, 11) is 0. The fourth-order valence-corrected chi connectivity index (χ4v) is 4.04. The number of rotatable bonds is 10. The topological polar surface area (TPSA) is 49.4 Å². The first kappa shape index (κ1) is 24.0. The zero-order valence-electron chi connectivity index (χ0n) is 18.8. The van der Waals surface area contributed by atoms with Gasteiger partial charge in [0.15, 0.2) is 0 Å². The van der Waals surface area contributed by atoms with Crippen molar-refractivity contribution in [3.8, 4) is 0 Å². The molecular weight excluding hydrogens is 392 g/mol. The van der Waals surface area contributed by atoms with Crippen LogP contribution in [-0.2, 0) is 21.9 Å². The van der Waals surface area contributed by atoms with Gasteiger partial charge in [0, 0.05) is 18.8 Å². The lowest BCUT2D eigenvalue weighted by molar-refractivity contribution is -0.138. The molecule has 0 spiro atoms. The van der Waals surface area contributed by atoms with Gasteiger partial charge in [0.25, 0.3) is 0 Å². The summed E-state index contributed by atoms with van der Waals surface area (Å²) in [4.78, 5) is 27.5. The number of nitrogens with zero attached hydrogens (tertiary/aromatic N) is 1. The van der Waals surface area contributed by atoms with E-state index in [2.05, 4.69) is 50.4 Å². The molecule has 5 heteroatoms. The van der Waals surface area contributed by atoms with Gasteiger partial charge >= 0.3 is 0 Å². The van der Waals surface area contributed by atoms with Crippen LogP contribution >= 0.6 is 11.8 Å². The number of benzene rings is 2. The molecule has 2 aromatic carbocycles. The van der Waals surface area contributed by atoms with Gasteiger partial charge in [-0.2, -0.15) is 0 Å². The maximum atomic E-state index is 13.1. The predicted octanol–water partition coefficient (Wildman–Crippen LogP) is 4.73. The van der Waals surface area contributed by atoms with E-state index in [1.165, 1.54) is 11.1 Å². The van der Waals surface area contributed by atoms with Crippen molar-refractivity contribution in [1.29, 1.82) is 0 Å². The molecule has 0 aliphatic heterocycles. The standard InChI is InChI=1S/C25H34N2O2S/c1-18(2)14-26-25(29)21(5)27(15-22-10-6-8-19(3)12-22)24(28)17-30-16-23-11-7-9-20(4)13-23/h6-13,18,21H,14-17H2,1-5H3,(H,26,29). The van der Waals surface area contributed by atoms with Crippen LogP contribution in [0.5, 0.6) is 0 Å². The van der Waals surface area contributed by atoms with E-state index < -0.39 is 6.04 Å². The van der Waals surface area contributed by atoms with Gasteiger partial charge in [0.05, 0.1) is 5.75 Å². The molecule has 1 atom stereocenters. The number of nitrogens with one attached hydrogen (secondary N) is 1. The van der Waals surface area contributed by atoms with E-state index in [0.29, 0.717) is 24.8 Å². The van der Waals surface area contributed by atoms with Crippen LogP contribution in [0.15, 0.2) is 48.5 Å². The normalized spacial score (nSPS) is 11.9. The monoisotopic (exact) mass is 426 g/mol. The minimum Gasteiger partial charge on any atom is -0.354 e. The molecule has 0 saturated heterocycles. The fraction of sp³-hybridized carbons (Fsp3) is 0.440. The summed E-state index contributed by atoms with van der Waals surface area (Å²) in [6, 6.07) is 15.9. The smallest absolute Gasteiger partial charge is 0.242 e. The average molecular weight is 427 g/mol. The Bertz CT molecular complexity index is 851. The Morgan fingerprint density at radius 1 is 0.967 bits per heavy atom. The molecular formula is C25H34N2O2S. The van der Waals surface area contributed by atoms with Gasteiger partial charge in [-0.25, -0.2) is 0 Å². The van der Waals surface area contributed by atoms with Gasteiger partial charge in [-0.05, 0) is 37.8 Å². The van der Waals surface area contributed by atoms with E-state index >= 15 is 0 Å². The number of hydrogen-bond acceptors (Lipinski definition) is 3. The van der Waals surface area contributed by atoms with Gasteiger partial charge in [-0.15, -0.1) is 11.8 Å². The molecule has 4 nitrogen and oxygen atoms in total. The molecule has 0 fully saturated rings. The van der Waals surface area contributed by atoms with Crippen LogP contribution in [0.3, 0.4) is 0 Å². The highest BCUT2D eigenvalue weighted by atomic mass is 32.2. The molecule has 0 aliphatic rings. The molecule has 0 aromatic heterocycles. The van der Waals surface area contributed by atoms with E-state index in [4.69, 9.17) is 0 Å². The Kier molecular flexibility index (Phi) is 9.44. The van der Waals surface area contributed by atoms with E-state index in [0.717, 1.165) is 16.9 Å². The maximum absolute atomic E-state index is 13.1.